The van der Waals surface area contributed by atoms with Crippen molar-refractivity contribution in [3.63, 3.8) is 0 Å². The van der Waals surface area contributed by atoms with E-state index >= 15 is 0 Å². The predicted octanol–water partition coefficient (Wildman–Crippen LogP) is 1.78. The van der Waals surface area contributed by atoms with Gasteiger partial charge in [0.25, 0.3) is 5.56 Å². The Bertz CT molecular complexity index is 821. The number of carboxylic acid groups (broad SMARTS) is 1. The van der Waals surface area contributed by atoms with E-state index in [0.717, 1.165) is 0 Å². The number of carboxylic acids is 1. The van der Waals surface area contributed by atoms with Crippen LogP contribution in [0.4, 0.5) is 0 Å². The van der Waals surface area contributed by atoms with Gasteiger partial charge in [0, 0.05) is 12.6 Å². The van der Waals surface area contributed by atoms with Gasteiger partial charge in [-0.25, -0.2) is 4.79 Å². The number of carbonyl (C=O) groups excluding carboxylic acids is 1. The van der Waals surface area contributed by atoms with Crippen LogP contribution in [0.3, 0.4) is 0 Å². The Morgan fingerprint density at radius 3 is 2.57 bits per heavy atom. The zero-order chi connectivity index (χ0) is 17.1. The summed E-state index contributed by atoms with van der Waals surface area (Å²) in [5.74, 6) is -0.944. The Balaban J connectivity index is 2.47. The minimum absolute atomic E-state index is 0.0872. The number of rotatable bonds is 5. The van der Waals surface area contributed by atoms with E-state index < -0.39 is 5.97 Å². The van der Waals surface area contributed by atoms with Crippen molar-refractivity contribution < 1.29 is 14.7 Å². The van der Waals surface area contributed by atoms with E-state index in [-0.39, 0.29) is 23.6 Å². The zero-order valence-electron chi connectivity index (χ0n) is 13.4. The number of fused-ring (bicyclic) bond motifs is 1. The third-order valence-electron chi connectivity index (χ3n) is 3.53. The smallest absolute Gasteiger partial charge is 0.335 e. The number of nitrogens with one attached hydrogen (secondary N) is 1. The van der Waals surface area contributed by atoms with Crippen LogP contribution >= 0.6 is 0 Å². The minimum atomic E-state index is -1.03. The number of benzene rings is 1. The van der Waals surface area contributed by atoms with E-state index in [1.807, 2.05) is 13.8 Å². The van der Waals surface area contributed by atoms with Crippen molar-refractivity contribution in [2.45, 2.75) is 27.3 Å². The van der Waals surface area contributed by atoms with Crippen LogP contribution < -0.4 is 10.9 Å². The lowest BCUT2D eigenvalue weighted by Gasteiger charge is -2.14. The molecule has 0 unspecified atom stereocenters. The Kier molecular flexibility index (Phi) is 4.83. The van der Waals surface area contributed by atoms with Gasteiger partial charge >= 0.3 is 5.97 Å². The van der Waals surface area contributed by atoms with Gasteiger partial charge in [-0.1, -0.05) is 13.8 Å². The lowest BCUT2D eigenvalue weighted by Crippen LogP contribution is -2.34. The molecule has 1 aromatic heterocycles. The molecule has 0 spiro atoms. The van der Waals surface area contributed by atoms with Gasteiger partial charge in [-0.15, -0.1) is 0 Å². The summed E-state index contributed by atoms with van der Waals surface area (Å²) in [7, 11) is 0. The number of aromatic carboxylic acids is 1. The summed E-state index contributed by atoms with van der Waals surface area (Å²) in [6, 6.07) is 5.95. The molecule has 2 aromatic rings. The van der Waals surface area contributed by atoms with Gasteiger partial charge in [-0.05, 0) is 42.0 Å². The van der Waals surface area contributed by atoms with Crippen LogP contribution in [0.5, 0.6) is 0 Å². The molecule has 2 N–H and O–H groups in total. The third-order valence-corrected chi connectivity index (χ3v) is 3.53. The summed E-state index contributed by atoms with van der Waals surface area (Å²) < 4.78 is 1.38. The van der Waals surface area contributed by atoms with Crippen LogP contribution in [-0.4, -0.2) is 28.1 Å². The van der Waals surface area contributed by atoms with Gasteiger partial charge in [0.15, 0.2) is 0 Å². The molecule has 122 valence electrons. The molecule has 23 heavy (non-hydrogen) atoms. The molecule has 0 aliphatic heterocycles. The molecule has 0 saturated heterocycles. The summed E-state index contributed by atoms with van der Waals surface area (Å²) in [5, 5.41) is 12.5. The Morgan fingerprint density at radius 1 is 1.26 bits per heavy atom. The molecule has 0 aliphatic rings. The topological polar surface area (TPSA) is 88.4 Å². The van der Waals surface area contributed by atoms with Crippen LogP contribution in [-0.2, 0) is 11.3 Å². The number of aromatic nitrogens is 1. The second-order valence-electron chi connectivity index (χ2n) is 5.99. The molecule has 1 aromatic carbocycles. The standard InChI is InChI=1S/C17H20N2O4/c1-10(2)8-18-14(20)9-19-15(21)5-4-12-7-13(17(22)23)6-11(3)16(12)19/h4-7,10H,8-9H2,1-3H3,(H,18,20)(H,22,23). The van der Waals surface area contributed by atoms with Crippen molar-refractivity contribution in [3.8, 4) is 0 Å². The van der Waals surface area contributed by atoms with Crippen molar-refractivity contribution in [2.75, 3.05) is 6.54 Å². The highest BCUT2D eigenvalue weighted by molar-refractivity contribution is 5.95. The molecule has 2 rings (SSSR count). The first-order valence-electron chi connectivity index (χ1n) is 7.43. The van der Waals surface area contributed by atoms with E-state index in [4.69, 9.17) is 5.11 Å². The zero-order valence-corrected chi connectivity index (χ0v) is 13.4. The van der Waals surface area contributed by atoms with Crippen molar-refractivity contribution in [1.82, 2.24) is 9.88 Å². The Hall–Kier alpha value is -2.63. The molecule has 0 atom stereocenters. The van der Waals surface area contributed by atoms with Crippen LogP contribution in [0.15, 0.2) is 29.1 Å². The molecule has 0 fully saturated rings. The molecule has 0 radical (unpaired) electrons. The Labute approximate surface area is 133 Å². The number of hydrogen-bond donors (Lipinski definition) is 2. The van der Waals surface area contributed by atoms with Gasteiger partial charge in [-0.2, -0.15) is 0 Å². The van der Waals surface area contributed by atoms with Crippen molar-refractivity contribution in [3.05, 3.63) is 45.7 Å². The average molecular weight is 316 g/mol. The van der Waals surface area contributed by atoms with Gasteiger partial charge in [0.2, 0.25) is 5.91 Å². The van der Waals surface area contributed by atoms with Gasteiger partial charge in [0.05, 0.1) is 11.1 Å². The van der Waals surface area contributed by atoms with Crippen LogP contribution in [0.2, 0.25) is 0 Å². The molecule has 0 bridgehead atoms. The highest BCUT2D eigenvalue weighted by Crippen LogP contribution is 2.19. The first kappa shape index (κ1) is 16.7. The van der Waals surface area contributed by atoms with E-state index in [1.54, 1.807) is 13.0 Å². The number of carbonyl (C=O) groups is 2. The van der Waals surface area contributed by atoms with Crippen molar-refractivity contribution in [1.29, 1.82) is 0 Å². The second kappa shape index (κ2) is 6.64. The summed E-state index contributed by atoms with van der Waals surface area (Å²) in [6.07, 6.45) is 0. The van der Waals surface area contributed by atoms with Crippen LogP contribution in [0.1, 0.15) is 29.8 Å². The van der Waals surface area contributed by atoms with Crippen LogP contribution in [0, 0.1) is 12.8 Å². The fourth-order valence-corrected chi connectivity index (χ4v) is 2.46. The number of pyridine rings is 1. The van der Waals surface area contributed by atoms with Crippen LogP contribution in [0.25, 0.3) is 10.9 Å². The number of hydrogen-bond acceptors (Lipinski definition) is 3. The first-order valence-corrected chi connectivity index (χ1v) is 7.43. The van der Waals surface area contributed by atoms with E-state index in [0.29, 0.717) is 28.9 Å². The normalized spacial score (nSPS) is 11.0. The molecule has 1 heterocycles. The summed E-state index contributed by atoms with van der Waals surface area (Å²) in [4.78, 5) is 35.3. The monoisotopic (exact) mass is 316 g/mol. The number of amides is 1. The fraction of sp³-hybridized carbons (Fsp3) is 0.353. The molecule has 1 amide bonds. The number of nitrogens with zero attached hydrogens (tertiary/aromatic N) is 1. The lowest BCUT2D eigenvalue weighted by atomic mass is 10.1. The van der Waals surface area contributed by atoms with E-state index in [1.165, 1.54) is 22.8 Å². The maximum atomic E-state index is 12.1. The largest absolute Gasteiger partial charge is 0.478 e. The maximum Gasteiger partial charge on any atom is 0.335 e. The minimum Gasteiger partial charge on any atom is -0.478 e. The molecule has 0 saturated carbocycles. The Morgan fingerprint density at radius 2 is 1.96 bits per heavy atom. The van der Waals surface area contributed by atoms with Gasteiger partial charge in [-0.3, -0.25) is 14.2 Å². The van der Waals surface area contributed by atoms with Gasteiger partial charge in [0.1, 0.15) is 6.54 Å². The molecular formula is C17H20N2O4. The molecule has 0 aliphatic carbocycles. The fourth-order valence-electron chi connectivity index (χ4n) is 2.46. The van der Waals surface area contributed by atoms with E-state index in [9.17, 15) is 14.4 Å². The lowest BCUT2D eigenvalue weighted by molar-refractivity contribution is -0.121. The van der Waals surface area contributed by atoms with Crippen molar-refractivity contribution >= 4 is 22.8 Å². The maximum absolute atomic E-state index is 12.1. The molecule has 6 heteroatoms. The average Bonchev–Trinajstić information content (AvgIpc) is 2.47. The highest BCUT2D eigenvalue weighted by Gasteiger charge is 2.13. The SMILES string of the molecule is Cc1cc(C(=O)O)cc2ccc(=O)n(CC(=O)NCC(C)C)c12. The summed E-state index contributed by atoms with van der Waals surface area (Å²) >= 11 is 0. The van der Waals surface area contributed by atoms with E-state index in [2.05, 4.69) is 5.32 Å². The molecular weight excluding hydrogens is 296 g/mol. The number of aryl methyl sites for hydroxylation is 1. The second-order valence-corrected chi connectivity index (χ2v) is 5.99. The predicted molar refractivity (Wildman–Crippen MR) is 87.8 cm³/mol. The summed E-state index contributed by atoms with van der Waals surface area (Å²) in [5.41, 5.74) is 1.10. The molecule has 6 nitrogen and oxygen atoms in total. The summed E-state index contributed by atoms with van der Waals surface area (Å²) in [6.45, 7) is 6.16. The first-order chi connectivity index (χ1) is 10.8. The highest BCUT2D eigenvalue weighted by atomic mass is 16.4. The quantitative estimate of drug-likeness (QED) is 0.880. The third kappa shape index (κ3) is 3.77. The van der Waals surface area contributed by atoms with Gasteiger partial charge < -0.3 is 10.4 Å². The van der Waals surface area contributed by atoms with Crippen molar-refractivity contribution in [2.24, 2.45) is 5.92 Å².